The highest BCUT2D eigenvalue weighted by atomic mass is 16.2. The van der Waals surface area contributed by atoms with Gasteiger partial charge in [0, 0.05) is 25.7 Å². The summed E-state index contributed by atoms with van der Waals surface area (Å²) in [6.07, 6.45) is 2.42. The zero-order valence-corrected chi connectivity index (χ0v) is 11.6. The van der Waals surface area contributed by atoms with E-state index in [1.807, 2.05) is 0 Å². The molecule has 0 aromatic heterocycles. The lowest BCUT2D eigenvalue weighted by Crippen LogP contribution is -2.53. The molecule has 0 unspecified atom stereocenters. The summed E-state index contributed by atoms with van der Waals surface area (Å²) < 4.78 is 0. The molecule has 2 aliphatic heterocycles. The third-order valence-electron chi connectivity index (χ3n) is 3.97. The molecule has 108 valence electrons. The molecule has 2 aliphatic rings. The van der Waals surface area contributed by atoms with E-state index in [4.69, 9.17) is 0 Å². The first-order chi connectivity index (χ1) is 9.16. The minimum absolute atomic E-state index is 0.00515. The van der Waals surface area contributed by atoms with Crippen molar-refractivity contribution >= 4 is 11.8 Å². The van der Waals surface area contributed by atoms with E-state index in [9.17, 15) is 9.59 Å². The normalized spacial score (nSPS) is 28.3. The fourth-order valence-corrected chi connectivity index (χ4v) is 2.65. The SMILES string of the molecule is C[C@@H]1CCCN[C@H]1CNC(=O)CN1CCNCC1=O. The van der Waals surface area contributed by atoms with Gasteiger partial charge in [0.15, 0.2) is 0 Å². The molecule has 0 aromatic rings. The Morgan fingerprint density at radius 1 is 1.47 bits per heavy atom. The van der Waals surface area contributed by atoms with Crippen molar-refractivity contribution in [2.24, 2.45) is 5.92 Å². The number of piperidine rings is 1. The number of hydrogen-bond acceptors (Lipinski definition) is 4. The molecule has 0 radical (unpaired) electrons. The lowest BCUT2D eigenvalue weighted by molar-refractivity contribution is -0.136. The summed E-state index contributed by atoms with van der Waals surface area (Å²) in [4.78, 5) is 25.0. The van der Waals surface area contributed by atoms with Gasteiger partial charge in [-0.05, 0) is 25.3 Å². The molecular weight excluding hydrogens is 244 g/mol. The van der Waals surface area contributed by atoms with Gasteiger partial charge >= 0.3 is 0 Å². The van der Waals surface area contributed by atoms with E-state index >= 15 is 0 Å². The van der Waals surface area contributed by atoms with Gasteiger partial charge in [0.25, 0.3) is 0 Å². The Balaban J connectivity index is 1.70. The molecular formula is C13H24N4O2. The average molecular weight is 268 g/mol. The second kappa shape index (κ2) is 6.86. The minimum atomic E-state index is -0.0603. The van der Waals surface area contributed by atoms with Gasteiger partial charge in [-0.3, -0.25) is 9.59 Å². The summed E-state index contributed by atoms with van der Waals surface area (Å²) in [6, 6.07) is 0.358. The van der Waals surface area contributed by atoms with Crippen LogP contribution < -0.4 is 16.0 Å². The summed E-state index contributed by atoms with van der Waals surface area (Å²) in [5.41, 5.74) is 0. The van der Waals surface area contributed by atoms with E-state index in [2.05, 4.69) is 22.9 Å². The molecule has 0 spiro atoms. The molecule has 19 heavy (non-hydrogen) atoms. The van der Waals surface area contributed by atoms with Crippen molar-refractivity contribution in [3.63, 3.8) is 0 Å². The zero-order chi connectivity index (χ0) is 13.7. The molecule has 2 heterocycles. The van der Waals surface area contributed by atoms with Crippen LogP contribution in [0.2, 0.25) is 0 Å². The largest absolute Gasteiger partial charge is 0.353 e. The van der Waals surface area contributed by atoms with Crippen LogP contribution in [0.3, 0.4) is 0 Å². The molecule has 2 fully saturated rings. The third kappa shape index (κ3) is 4.18. The van der Waals surface area contributed by atoms with Gasteiger partial charge in [-0.2, -0.15) is 0 Å². The summed E-state index contributed by atoms with van der Waals surface area (Å²) in [6.45, 7) is 5.80. The van der Waals surface area contributed by atoms with Crippen molar-refractivity contribution in [3.05, 3.63) is 0 Å². The molecule has 0 aliphatic carbocycles. The fourth-order valence-electron chi connectivity index (χ4n) is 2.65. The summed E-state index contributed by atoms with van der Waals surface area (Å²) in [7, 11) is 0. The Morgan fingerprint density at radius 3 is 3.05 bits per heavy atom. The predicted molar refractivity (Wildman–Crippen MR) is 72.6 cm³/mol. The molecule has 2 amide bonds. The Bertz CT molecular complexity index is 335. The maximum Gasteiger partial charge on any atom is 0.239 e. The van der Waals surface area contributed by atoms with Crippen molar-refractivity contribution in [2.45, 2.75) is 25.8 Å². The molecule has 0 aromatic carbocycles. The van der Waals surface area contributed by atoms with Gasteiger partial charge in [0.1, 0.15) is 0 Å². The van der Waals surface area contributed by atoms with Crippen molar-refractivity contribution in [2.75, 3.05) is 39.3 Å². The molecule has 6 nitrogen and oxygen atoms in total. The van der Waals surface area contributed by atoms with Gasteiger partial charge in [-0.1, -0.05) is 6.92 Å². The fraction of sp³-hybridized carbons (Fsp3) is 0.846. The highest BCUT2D eigenvalue weighted by molar-refractivity contribution is 5.86. The van der Waals surface area contributed by atoms with Gasteiger partial charge in [0.05, 0.1) is 13.1 Å². The molecule has 2 rings (SSSR count). The second-order valence-electron chi connectivity index (χ2n) is 5.48. The first kappa shape index (κ1) is 14.3. The standard InChI is InChI=1S/C13H24N4O2/c1-10-3-2-4-15-11(10)7-16-12(18)9-17-6-5-14-8-13(17)19/h10-11,14-15H,2-9H2,1H3,(H,16,18)/t10-,11+/m1/s1. The van der Waals surface area contributed by atoms with Crippen LogP contribution in [-0.2, 0) is 9.59 Å². The first-order valence-corrected chi connectivity index (χ1v) is 7.15. The van der Waals surface area contributed by atoms with E-state index in [1.54, 1.807) is 4.90 Å². The van der Waals surface area contributed by atoms with Crippen LogP contribution in [0.5, 0.6) is 0 Å². The van der Waals surface area contributed by atoms with Crippen LogP contribution in [-0.4, -0.2) is 62.0 Å². The molecule has 0 saturated carbocycles. The van der Waals surface area contributed by atoms with Gasteiger partial charge in [-0.15, -0.1) is 0 Å². The second-order valence-corrected chi connectivity index (χ2v) is 5.48. The number of carbonyl (C=O) groups is 2. The highest BCUT2D eigenvalue weighted by Gasteiger charge is 2.23. The number of nitrogens with one attached hydrogen (secondary N) is 3. The van der Waals surface area contributed by atoms with E-state index in [-0.39, 0.29) is 18.4 Å². The van der Waals surface area contributed by atoms with Gasteiger partial charge in [0.2, 0.25) is 11.8 Å². The summed E-state index contributed by atoms with van der Waals surface area (Å²) in [5.74, 6) is 0.537. The van der Waals surface area contributed by atoms with Crippen LogP contribution in [0, 0.1) is 5.92 Å². The van der Waals surface area contributed by atoms with Gasteiger partial charge < -0.3 is 20.9 Å². The Hall–Kier alpha value is -1.14. The van der Waals surface area contributed by atoms with Crippen molar-refractivity contribution in [1.29, 1.82) is 0 Å². The average Bonchev–Trinajstić information content (AvgIpc) is 2.40. The molecule has 2 atom stereocenters. The zero-order valence-electron chi connectivity index (χ0n) is 11.6. The smallest absolute Gasteiger partial charge is 0.239 e. The van der Waals surface area contributed by atoms with Crippen LogP contribution in [0.15, 0.2) is 0 Å². The van der Waals surface area contributed by atoms with Crippen LogP contribution in [0.25, 0.3) is 0 Å². The maximum absolute atomic E-state index is 11.9. The Morgan fingerprint density at radius 2 is 2.32 bits per heavy atom. The number of amides is 2. The lowest BCUT2D eigenvalue weighted by Gasteiger charge is -2.31. The first-order valence-electron chi connectivity index (χ1n) is 7.15. The minimum Gasteiger partial charge on any atom is -0.353 e. The van der Waals surface area contributed by atoms with Crippen molar-refractivity contribution in [1.82, 2.24) is 20.9 Å². The number of carbonyl (C=O) groups excluding carboxylic acids is 2. The van der Waals surface area contributed by atoms with Crippen LogP contribution in [0.1, 0.15) is 19.8 Å². The number of rotatable bonds is 4. The number of hydrogen-bond donors (Lipinski definition) is 3. The van der Waals surface area contributed by atoms with Crippen LogP contribution in [0.4, 0.5) is 0 Å². The van der Waals surface area contributed by atoms with E-state index in [0.717, 1.165) is 13.1 Å². The highest BCUT2D eigenvalue weighted by Crippen LogP contribution is 2.14. The van der Waals surface area contributed by atoms with E-state index < -0.39 is 0 Å². The topological polar surface area (TPSA) is 73.5 Å². The number of nitrogens with zero attached hydrogens (tertiary/aromatic N) is 1. The monoisotopic (exact) mass is 268 g/mol. The maximum atomic E-state index is 11.9. The van der Waals surface area contributed by atoms with E-state index in [0.29, 0.717) is 31.6 Å². The Kier molecular flexibility index (Phi) is 5.15. The molecule has 0 bridgehead atoms. The van der Waals surface area contributed by atoms with Crippen LogP contribution >= 0.6 is 0 Å². The third-order valence-corrected chi connectivity index (χ3v) is 3.97. The molecule has 6 heteroatoms. The molecule has 2 saturated heterocycles. The van der Waals surface area contributed by atoms with Crippen molar-refractivity contribution < 1.29 is 9.59 Å². The summed E-state index contributed by atoms with van der Waals surface area (Å²) >= 11 is 0. The van der Waals surface area contributed by atoms with Gasteiger partial charge in [-0.25, -0.2) is 0 Å². The lowest BCUT2D eigenvalue weighted by atomic mass is 9.93. The molecule has 3 N–H and O–H groups in total. The predicted octanol–water partition coefficient (Wildman–Crippen LogP) is -1.08. The Labute approximate surface area is 114 Å². The quantitative estimate of drug-likeness (QED) is 0.606. The van der Waals surface area contributed by atoms with E-state index in [1.165, 1.54) is 12.8 Å². The number of piperazine rings is 1. The summed E-state index contributed by atoms with van der Waals surface area (Å²) in [5, 5.41) is 9.36. The van der Waals surface area contributed by atoms with Crippen molar-refractivity contribution in [3.8, 4) is 0 Å².